The molecule has 2 N–H and O–H groups in total. The highest BCUT2D eigenvalue weighted by Gasteiger charge is 2.19. The average molecular weight is 360 g/mol. The van der Waals surface area contributed by atoms with Crippen molar-refractivity contribution in [1.82, 2.24) is 10.3 Å². The number of anilines is 1. The van der Waals surface area contributed by atoms with E-state index in [1.807, 2.05) is 6.07 Å². The first-order valence-electron chi connectivity index (χ1n) is 5.51. The highest BCUT2D eigenvalue weighted by atomic mass is 79.9. The van der Waals surface area contributed by atoms with Gasteiger partial charge in [0, 0.05) is 13.1 Å². The topological polar surface area (TPSA) is 71.1 Å². The molecule has 2 aromatic rings. The van der Waals surface area contributed by atoms with Gasteiger partial charge in [0.15, 0.2) is 5.13 Å². The summed E-state index contributed by atoms with van der Waals surface area (Å²) in [6.07, 6.45) is 1.56. The Morgan fingerprint density at radius 3 is 2.84 bits per heavy atom. The third-order valence-corrected chi connectivity index (χ3v) is 5.68. The van der Waals surface area contributed by atoms with E-state index in [9.17, 15) is 8.42 Å². The maximum atomic E-state index is 12.2. The lowest BCUT2D eigenvalue weighted by Gasteiger charge is -2.06. The summed E-state index contributed by atoms with van der Waals surface area (Å²) in [4.78, 5) is 4.23. The number of aromatic nitrogens is 1. The third-order valence-electron chi connectivity index (χ3n) is 2.82. The molecule has 19 heavy (non-hydrogen) atoms. The zero-order valence-electron chi connectivity index (χ0n) is 9.68. The van der Waals surface area contributed by atoms with Crippen molar-refractivity contribution in [2.45, 2.75) is 18.0 Å². The van der Waals surface area contributed by atoms with E-state index in [1.165, 1.54) is 11.3 Å². The van der Waals surface area contributed by atoms with E-state index in [4.69, 9.17) is 0 Å². The Hall–Kier alpha value is -0.960. The van der Waals surface area contributed by atoms with Gasteiger partial charge in [0.25, 0.3) is 10.0 Å². The Balaban J connectivity index is 1.92. The summed E-state index contributed by atoms with van der Waals surface area (Å²) in [5.74, 6) is 0. The molecule has 0 amide bonds. The van der Waals surface area contributed by atoms with Gasteiger partial charge in [-0.1, -0.05) is 17.4 Å². The Morgan fingerprint density at radius 2 is 2.11 bits per heavy atom. The van der Waals surface area contributed by atoms with Crippen LogP contribution in [0.3, 0.4) is 0 Å². The minimum atomic E-state index is -3.57. The molecule has 1 aromatic heterocycles. The number of hydrogen-bond donors (Lipinski definition) is 2. The molecule has 0 saturated carbocycles. The third kappa shape index (κ3) is 2.66. The summed E-state index contributed by atoms with van der Waals surface area (Å²) in [6.45, 7) is 1.50. The summed E-state index contributed by atoms with van der Waals surface area (Å²) < 4.78 is 27.7. The number of hydrogen-bond acceptors (Lipinski definition) is 5. The molecule has 0 spiro atoms. The van der Waals surface area contributed by atoms with E-state index in [2.05, 4.69) is 31.0 Å². The molecule has 0 aliphatic carbocycles. The SMILES string of the molecule is O=S(=O)(Nc1ncc(Br)s1)c1ccc2c(c1)CNC2. The van der Waals surface area contributed by atoms with Crippen molar-refractivity contribution in [2.75, 3.05) is 4.72 Å². The highest BCUT2D eigenvalue weighted by molar-refractivity contribution is 9.11. The highest BCUT2D eigenvalue weighted by Crippen LogP contribution is 2.26. The predicted octanol–water partition coefficient (Wildman–Crippen LogP) is 2.31. The molecule has 0 atom stereocenters. The zero-order chi connectivity index (χ0) is 13.5. The van der Waals surface area contributed by atoms with E-state index in [0.29, 0.717) is 11.7 Å². The monoisotopic (exact) mass is 359 g/mol. The second-order valence-electron chi connectivity index (χ2n) is 4.11. The summed E-state index contributed by atoms with van der Waals surface area (Å²) in [5, 5.41) is 3.54. The van der Waals surface area contributed by atoms with Gasteiger partial charge in [-0.3, -0.25) is 4.72 Å². The molecule has 3 rings (SSSR count). The lowest BCUT2D eigenvalue weighted by molar-refractivity contribution is 0.601. The van der Waals surface area contributed by atoms with Gasteiger partial charge in [-0.05, 0) is 39.2 Å². The second-order valence-corrected chi connectivity index (χ2v) is 8.20. The molecule has 0 bridgehead atoms. The van der Waals surface area contributed by atoms with Crippen LogP contribution in [-0.2, 0) is 23.1 Å². The largest absolute Gasteiger partial charge is 0.309 e. The molecule has 8 heteroatoms. The van der Waals surface area contributed by atoms with Crippen molar-refractivity contribution < 1.29 is 8.42 Å². The van der Waals surface area contributed by atoms with E-state index in [1.54, 1.807) is 18.3 Å². The summed E-state index contributed by atoms with van der Waals surface area (Å²) in [7, 11) is -3.57. The smallest absolute Gasteiger partial charge is 0.263 e. The fourth-order valence-electron chi connectivity index (χ4n) is 1.91. The first kappa shape index (κ1) is 13.0. The van der Waals surface area contributed by atoms with Crippen LogP contribution in [0.5, 0.6) is 0 Å². The molecule has 1 aliphatic heterocycles. The van der Waals surface area contributed by atoms with E-state index in [0.717, 1.165) is 21.5 Å². The predicted molar refractivity (Wildman–Crippen MR) is 77.6 cm³/mol. The summed E-state index contributed by atoms with van der Waals surface area (Å²) >= 11 is 4.49. The van der Waals surface area contributed by atoms with Crippen LogP contribution < -0.4 is 10.0 Å². The van der Waals surface area contributed by atoms with Gasteiger partial charge in [-0.15, -0.1) is 0 Å². The molecule has 2 heterocycles. The Morgan fingerprint density at radius 1 is 1.32 bits per heavy atom. The maximum absolute atomic E-state index is 12.2. The molecule has 0 saturated heterocycles. The van der Waals surface area contributed by atoms with Crippen LogP contribution in [0.1, 0.15) is 11.1 Å². The van der Waals surface area contributed by atoms with Crippen LogP contribution >= 0.6 is 27.3 Å². The molecule has 0 radical (unpaired) electrons. The van der Waals surface area contributed by atoms with E-state index in [-0.39, 0.29) is 4.90 Å². The normalized spacial score (nSPS) is 14.4. The molecule has 0 fully saturated rings. The molecule has 1 aliphatic rings. The molecular formula is C11H10BrN3O2S2. The molecular weight excluding hydrogens is 350 g/mol. The number of fused-ring (bicyclic) bond motifs is 1. The lowest BCUT2D eigenvalue weighted by atomic mass is 10.1. The van der Waals surface area contributed by atoms with Crippen LogP contribution in [-0.4, -0.2) is 13.4 Å². The van der Waals surface area contributed by atoms with Crippen LogP contribution in [0.25, 0.3) is 0 Å². The minimum absolute atomic E-state index is 0.265. The number of nitrogens with zero attached hydrogens (tertiary/aromatic N) is 1. The van der Waals surface area contributed by atoms with Gasteiger partial charge < -0.3 is 5.32 Å². The second kappa shape index (κ2) is 4.86. The van der Waals surface area contributed by atoms with Crippen LogP contribution in [0.2, 0.25) is 0 Å². The lowest BCUT2D eigenvalue weighted by Crippen LogP contribution is -2.13. The molecule has 0 unspecified atom stereocenters. The Bertz CT molecular complexity index is 727. The fraction of sp³-hybridized carbons (Fsp3) is 0.182. The Labute approximate surface area is 123 Å². The molecule has 100 valence electrons. The Kier molecular flexibility index (Phi) is 3.34. The van der Waals surface area contributed by atoms with Gasteiger partial charge in [0.1, 0.15) is 0 Å². The summed E-state index contributed by atoms with van der Waals surface area (Å²) in [6, 6.07) is 5.18. The first-order chi connectivity index (χ1) is 9.04. The number of rotatable bonds is 3. The average Bonchev–Trinajstić information content (AvgIpc) is 2.96. The molecule has 5 nitrogen and oxygen atoms in total. The van der Waals surface area contributed by atoms with Crippen molar-refractivity contribution in [3.05, 3.63) is 39.3 Å². The van der Waals surface area contributed by atoms with Crippen molar-refractivity contribution in [2.24, 2.45) is 0 Å². The van der Waals surface area contributed by atoms with Gasteiger partial charge in [0.05, 0.1) is 14.9 Å². The number of benzene rings is 1. The standard InChI is InChI=1S/C11H10BrN3O2S2/c12-10-6-14-11(18-10)15-19(16,17)9-2-1-7-4-13-5-8(7)3-9/h1-3,6,13H,4-5H2,(H,14,15). The number of nitrogens with one attached hydrogen (secondary N) is 2. The summed E-state index contributed by atoms with van der Waals surface area (Å²) in [5.41, 5.74) is 2.18. The number of halogens is 1. The van der Waals surface area contributed by atoms with Crippen LogP contribution in [0.15, 0.2) is 33.1 Å². The maximum Gasteiger partial charge on any atom is 0.263 e. The zero-order valence-corrected chi connectivity index (χ0v) is 12.9. The van der Waals surface area contributed by atoms with E-state index < -0.39 is 10.0 Å². The van der Waals surface area contributed by atoms with Crippen molar-refractivity contribution >= 4 is 42.4 Å². The van der Waals surface area contributed by atoms with Crippen molar-refractivity contribution in [3.63, 3.8) is 0 Å². The van der Waals surface area contributed by atoms with Crippen LogP contribution in [0, 0.1) is 0 Å². The van der Waals surface area contributed by atoms with Gasteiger partial charge >= 0.3 is 0 Å². The fourth-order valence-corrected chi connectivity index (χ4v) is 4.31. The number of thiazole rings is 1. The van der Waals surface area contributed by atoms with Gasteiger partial charge in [-0.2, -0.15) is 0 Å². The molecule has 1 aromatic carbocycles. The van der Waals surface area contributed by atoms with Gasteiger partial charge in [0.2, 0.25) is 0 Å². The first-order valence-corrected chi connectivity index (χ1v) is 8.60. The number of sulfonamides is 1. The van der Waals surface area contributed by atoms with Crippen LogP contribution in [0.4, 0.5) is 5.13 Å². The van der Waals surface area contributed by atoms with Crippen molar-refractivity contribution in [1.29, 1.82) is 0 Å². The van der Waals surface area contributed by atoms with E-state index >= 15 is 0 Å². The van der Waals surface area contributed by atoms with Crippen molar-refractivity contribution in [3.8, 4) is 0 Å². The minimum Gasteiger partial charge on any atom is -0.309 e. The van der Waals surface area contributed by atoms with Gasteiger partial charge in [-0.25, -0.2) is 13.4 Å². The quantitative estimate of drug-likeness (QED) is 0.881.